The van der Waals surface area contributed by atoms with Gasteiger partial charge in [-0.1, -0.05) is 33.6 Å². The Hall–Kier alpha value is -0.950. The Balaban J connectivity index is 4.41. The van der Waals surface area contributed by atoms with Crippen LogP contribution in [0.3, 0.4) is 0 Å². The fourth-order valence-electron chi connectivity index (χ4n) is 2.24. The molecule has 1 nitrogen and oxygen atoms in total. The van der Waals surface area contributed by atoms with E-state index in [0.29, 0.717) is 24.2 Å². The van der Waals surface area contributed by atoms with Gasteiger partial charge in [0.2, 0.25) is 0 Å². The van der Waals surface area contributed by atoms with Gasteiger partial charge >= 0.3 is 0 Å². The molecule has 0 saturated heterocycles. The van der Waals surface area contributed by atoms with Gasteiger partial charge in [-0.2, -0.15) is 5.26 Å². The highest BCUT2D eigenvalue weighted by Crippen LogP contribution is 2.31. The van der Waals surface area contributed by atoms with Crippen LogP contribution >= 0.6 is 0 Å². The molecule has 0 radical (unpaired) electrons. The molecule has 0 aromatic rings. The summed E-state index contributed by atoms with van der Waals surface area (Å²) in [6, 6.07) is 2.23. The van der Waals surface area contributed by atoms with Gasteiger partial charge in [0.1, 0.15) is 0 Å². The maximum absolute atomic E-state index is 8.63. The number of nitriles is 1. The summed E-state index contributed by atoms with van der Waals surface area (Å²) in [5, 5.41) is 8.63. The highest BCUT2D eigenvalue weighted by atomic mass is 14.3. The molecule has 1 heteroatoms. The van der Waals surface area contributed by atoms with Crippen molar-refractivity contribution < 1.29 is 0 Å². The predicted molar refractivity (Wildman–Crippen MR) is 65.0 cm³/mol. The molecular formula is C14H23N. The molecule has 3 unspecified atom stereocenters. The molecule has 0 aliphatic carbocycles. The van der Waals surface area contributed by atoms with E-state index in [1.54, 1.807) is 0 Å². The lowest BCUT2D eigenvalue weighted by Gasteiger charge is -2.29. The van der Waals surface area contributed by atoms with Crippen molar-refractivity contribution in [2.24, 2.45) is 17.8 Å². The monoisotopic (exact) mass is 205 g/mol. The van der Waals surface area contributed by atoms with E-state index in [1.807, 2.05) is 0 Å². The molecule has 0 fully saturated rings. The van der Waals surface area contributed by atoms with Gasteiger partial charge in [0.25, 0.3) is 0 Å². The minimum absolute atomic E-state index is 0.596. The van der Waals surface area contributed by atoms with Crippen molar-refractivity contribution in [3.63, 3.8) is 0 Å². The summed E-state index contributed by atoms with van der Waals surface area (Å²) in [6.45, 7) is 6.69. The summed E-state index contributed by atoms with van der Waals surface area (Å²) < 4.78 is 0. The molecule has 84 valence electrons. The van der Waals surface area contributed by atoms with E-state index < -0.39 is 0 Å². The summed E-state index contributed by atoms with van der Waals surface area (Å²) in [5.41, 5.74) is 0. The van der Waals surface area contributed by atoms with Crippen LogP contribution in [0.25, 0.3) is 0 Å². The molecule has 0 heterocycles. The topological polar surface area (TPSA) is 23.8 Å². The molecule has 0 bridgehead atoms. The Morgan fingerprint density at radius 3 is 2.33 bits per heavy atom. The maximum atomic E-state index is 8.63. The summed E-state index contributed by atoms with van der Waals surface area (Å²) in [6.07, 6.45) is 10.3. The molecule has 0 N–H and O–H groups in total. The number of rotatable bonds is 7. The Kier molecular flexibility index (Phi) is 7.84. The van der Waals surface area contributed by atoms with Crippen molar-refractivity contribution in [2.75, 3.05) is 0 Å². The first-order valence-corrected chi connectivity index (χ1v) is 6.01. The predicted octanol–water partition coefficient (Wildman–Crippen LogP) is 4.00. The first kappa shape index (κ1) is 14.1. The standard InChI is InChI=1S/C14H23N/c1-5-9-14(12(4)6-2)13(7-3)10-8-11-15/h1,12-14H,6-10H2,2-4H3. The number of nitrogens with zero attached hydrogens (tertiary/aromatic N) is 1. The minimum atomic E-state index is 0.596. The highest BCUT2D eigenvalue weighted by Gasteiger charge is 2.23. The van der Waals surface area contributed by atoms with Crippen molar-refractivity contribution >= 4 is 0 Å². The Morgan fingerprint density at radius 2 is 1.93 bits per heavy atom. The molecule has 15 heavy (non-hydrogen) atoms. The van der Waals surface area contributed by atoms with Gasteiger partial charge in [-0.05, 0) is 24.2 Å². The highest BCUT2D eigenvalue weighted by molar-refractivity contribution is 4.91. The van der Waals surface area contributed by atoms with Gasteiger partial charge in [0.05, 0.1) is 6.07 Å². The molecule has 0 aromatic heterocycles. The van der Waals surface area contributed by atoms with Crippen molar-refractivity contribution in [3.05, 3.63) is 0 Å². The summed E-state index contributed by atoms with van der Waals surface area (Å²) >= 11 is 0. The van der Waals surface area contributed by atoms with E-state index >= 15 is 0 Å². The molecule has 0 spiro atoms. The van der Waals surface area contributed by atoms with Crippen LogP contribution in [0, 0.1) is 41.4 Å². The summed E-state index contributed by atoms with van der Waals surface area (Å²) in [4.78, 5) is 0. The quantitative estimate of drug-likeness (QED) is 0.576. The summed E-state index contributed by atoms with van der Waals surface area (Å²) in [7, 11) is 0. The largest absolute Gasteiger partial charge is 0.198 e. The van der Waals surface area contributed by atoms with E-state index in [9.17, 15) is 0 Å². The van der Waals surface area contributed by atoms with Crippen LogP contribution in [0.15, 0.2) is 0 Å². The van der Waals surface area contributed by atoms with Crippen LogP contribution < -0.4 is 0 Å². The van der Waals surface area contributed by atoms with E-state index in [2.05, 4.69) is 32.8 Å². The Labute approximate surface area is 94.9 Å². The van der Waals surface area contributed by atoms with Gasteiger partial charge in [-0.25, -0.2) is 0 Å². The zero-order valence-electron chi connectivity index (χ0n) is 10.3. The molecule has 0 amide bonds. The smallest absolute Gasteiger partial charge is 0.0621 e. The SMILES string of the molecule is C#CCC(C(C)CC)C(CC)CCC#N. The van der Waals surface area contributed by atoms with Gasteiger partial charge in [0, 0.05) is 12.8 Å². The first-order valence-electron chi connectivity index (χ1n) is 6.01. The van der Waals surface area contributed by atoms with Crippen LogP contribution in [0.2, 0.25) is 0 Å². The molecular weight excluding hydrogens is 182 g/mol. The molecule has 0 aliphatic heterocycles. The van der Waals surface area contributed by atoms with Crippen molar-refractivity contribution in [1.29, 1.82) is 5.26 Å². The van der Waals surface area contributed by atoms with Gasteiger partial charge < -0.3 is 0 Å². The number of terminal acetylenes is 1. The van der Waals surface area contributed by atoms with Crippen molar-refractivity contribution in [1.82, 2.24) is 0 Å². The van der Waals surface area contributed by atoms with E-state index in [4.69, 9.17) is 11.7 Å². The second-order valence-corrected chi connectivity index (χ2v) is 4.32. The fourth-order valence-corrected chi connectivity index (χ4v) is 2.24. The third kappa shape index (κ3) is 4.89. The van der Waals surface area contributed by atoms with Crippen LogP contribution in [0.1, 0.15) is 52.9 Å². The Bertz CT molecular complexity index is 231. The van der Waals surface area contributed by atoms with Gasteiger partial charge in [0.15, 0.2) is 0 Å². The lowest BCUT2D eigenvalue weighted by molar-refractivity contribution is 0.222. The van der Waals surface area contributed by atoms with Crippen LogP contribution in [0.5, 0.6) is 0 Å². The fraction of sp³-hybridized carbons (Fsp3) is 0.786. The molecule has 0 aliphatic rings. The van der Waals surface area contributed by atoms with E-state index in [1.165, 1.54) is 6.42 Å². The second kappa shape index (κ2) is 8.37. The molecule has 0 saturated carbocycles. The number of hydrogen-bond donors (Lipinski definition) is 0. The van der Waals surface area contributed by atoms with Crippen LogP contribution in [0.4, 0.5) is 0 Å². The third-order valence-electron chi connectivity index (χ3n) is 3.49. The average molecular weight is 205 g/mol. The van der Waals surface area contributed by atoms with Gasteiger partial charge in [-0.15, -0.1) is 12.3 Å². The zero-order chi connectivity index (χ0) is 11.7. The number of hydrogen-bond acceptors (Lipinski definition) is 1. The van der Waals surface area contributed by atoms with E-state index in [0.717, 1.165) is 19.3 Å². The normalized spacial score (nSPS) is 16.1. The molecule has 3 atom stereocenters. The average Bonchev–Trinajstić information content (AvgIpc) is 2.27. The third-order valence-corrected chi connectivity index (χ3v) is 3.49. The first-order chi connectivity index (χ1) is 7.21. The second-order valence-electron chi connectivity index (χ2n) is 4.32. The van der Waals surface area contributed by atoms with Crippen LogP contribution in [-0.4, -0.2) is 0 Å². The zero-order valence-corrected chi connectivity index (χ0v) is 10.3. The van der Waals surface area contributed by atoms with Crippen LogP contribution in [-0.2, 0) is 0 Å². The minimum Gasteiger partial charge on any atom is -0.198 e. The molecule has 0 rings (SSSR count). The van der Waals surface area contributed by atoms with Crippen molar-refractivity contribution in [2.45, 2.75) is 52.9 Å². The van der Waals surface area contributed by atoms with Crippen molar-refractivity contribution in [3.8, 4) is 18.4 Å². The van der Waals surface area contributed by atoms with Gasteiger partial charge in [-0.3, -0.25) is 0 Å². The lowest BCUT2D eigenvalue weighted by atomic mass is 9.76. The Morgan fingerprint density at radius 1 is 1.27 bits per heavy atom. The summed E-state index contributed by atoms with van der Waals surface area (Å²) in [5.74, 6) is 4.68. The maximum Gasteiger partial charge on any atom is 0.0621 e. The van der Waals surface area contributed by atoms with E-state index in [-0.39, 0.29) is 0 Å². The molecule has 0 aromatic carbocycles. The lowest BCUT2D eigenvalue weighted by Crippen LogP contribution is -2.21.